The molecule has 5 rings (SSSR count). The van der Waals surface area contributed by atoms with Crippen molar-refractivity contribution in [3.8, 4) is 11.5 Å². The van der Waals surface area contributed by atoms with Crippen LogP contribution >= 0.6 is 0 Å². The molecule has 1 atom stereocenters. The number of nitrogens with zero attached hydrogens (tertiary/aromatic N) is 2. The molecule has 0 spiro atoms. The molecule has 0 saturated carbocycles. The Morgan fingerprint density at radius 3 is 2.38 bits per heavy atom. The average molecular weight is 383 g/mol. The quantitative estimate of drug-likeness (QED) is 0.517. The van der Waals surface area contributed by atoms with E-state index in [9.17, 15) is 0 Å². The van der Waals surface area contributed by atoms with Crippen molar-refractivity contribution >= 4 is 11.4 Å². The molecule has 3 aromatic carbocycles. The summed E-state index contributed by atoms with van der Waals surface area (Å²) in [5.74, 6) is 1.75. The Hall–Kier alpha value is -3.20. The molecule has 0 bridgehead atoms. The molecule has 3 heteroatoms. The molecule has 0 amide bonds. The highest BCUT2D eigenvalue weighted by molar-refractivity contribution is 5.71. The summed E-state index contributed by atoms with van der Waals surface area (Å²) < 4.78 is 6.17. The molecule has 3 aromatic rings. The fraction of sp³-hybridized carbons (Fsp3) is 0.231. The van der Waals surface area contributed by atoms with Crippen molar-refractivity contribution in [3.63, 3.8) is 0 Å². The maximum Gasteiger partial charge on any atom is 0.127 e. The number of benzene rings is 3. The normalized spacial score (nSPS) is 18.0. The number of hydrogen-bond donors (Lipinski definition) is 0. The molecule has 2 aliphatic heterocycles. The summed E-state index contributed by atoms with van der Waals surface area (Å²) in [6.07, 6.45) is 1.10. The van der Waals surface area contributed by atoms with Crippen LogP contribution < -0.4 is 14.5 Å². The minimum Gasteiger partial charge on any atom is -0.457 e. The lowest BCUT2D eigenvalue weighted by Crippen LogP contribution is -2.30. The third-order valence-corrected chi connectivity index (χ3v) is 6.29. The van der Waals surface area contributed by atoms with E-state index in [1.165, 1.54) is 33.8 Å². The van der Waals surface area contributed by atoms with Crippen molar-refractivity contribution in [3.05, 3.63) is 95.2 Å². The summed E-state index contributed by atoms with van der Waals surface area (Å²) in [5.41, 5.74) is 8.11. The molecule has 1 saturated heterocycles. The first kappa shape index (κ1) is 17.9. The van der Waals surface area contributed by atoms with Crippen LogP contribution in [0.3, 0.4) is 0 Å². The van der Waals surface area contributed by atoms with Gasteiger partial charge >= 0.3 is 0 Å². The molecule has 0 aromatic heterocycles. The van der Waals surface area contributed by atoms with E-state index in [-0.39, 0.29) is 6.04 Å². The first-order valence-electron chi connectivity index (χ1n) is 10.3. The van der Waals surface area contributed by atoms with Crippen molar-refractivity contribution < 1.29 is 4.74 Å². The van der Waals surface area contributed by atoms with Crippen LogP contribution in [-0.2, 0) is 0 Å². The average Bonchev–Trinajstić information content (AvgIpc) is 3.18. The number of para-hydroxylation sites is 2. The zero-order valence-electron chi connectivity index (χ0n) is 17.2. The number of rotatable bonds is 3. The first-order valence-corrected chi connectivity index (χ1v) is 10.3. The highest BCUT2D eigenvalue weighted by Gasteiger charge is 2.38. The zero-order valence-corrected chi connectivity index (χ0v) is 17.2. The van der Waals surface area contributed by atoms with Crippen LogP contribution in [0.2, 0.25) is 0 Å². The number of ether oxygens (including phenoxy) is 1. The van der Waals surface area contributed by atoms with E-state index in [1.807, 2.05) is 30.3 Å². The van der Waals surface area contributed by atoms with Gasteiger partial charge in [-0.15, -0.1) is 0 Å². The van der Waals surface area contributed by atoms with Crippen LogP contribution in [0.15, 0.2) is 84.1 Å². The van der Waals surface area contributed by atoms with Gasteiger partial charge in [-0.1, -0.05) is 36.4 Å². The second-order valence-corrected chi connectivity index (χ2v) is 7.94. The monoisotopic (exact) mass is 382 g/mol. The Morgan fingerprint density at radius 2 is 1.59 bits per heavy atom. The smallest absolute Gasteiger partial charge is 0.127 e. The maximum absolute atomic E-state index is 6.17. The summed E-state index contributed by atoms with van der Waals surface area (Å²) in [7, 11) is 2.17. The van der Waals surface area contributed by atoms with Gasteiger partial charge in [-0.3, -0.25) is 0 Å². The van der Waals surface area contributed by atoms with Gasteiger partial charge in [0.25, 0.3) is 0 Å². The molecule has 0 N–H and O–H groups in total. The number of aryl methyl sites for hydroxylation is 1. The van der Waals surface area contributed by atoms with Crippen LogP contribution in [0.25, 0.3) is 0 Å². The summed E-state index contributed by atoms with van der Waals surface area (Å²) in [4.78, 5) is 4.89. The standard InChI is InChI=1S/C26H26N2O/c1-18-9-7-8-12-24(18)28-16-15-22-19(2)27(3)25-14-13-21(17-23(25)26(22)28)29-20-10-5-4-6-11-20/h4-14,17,26H,15-16H2,1-3H3. The molecular weight excluding hydrogens is 356 g/mol. The zero-order chi connectivity index (χ0) is 20.0. The molecule has 2 aliphatic rings. The number of anilines is 2. The Balaban J connectivity index is 1.60. The van der Waals surface area contributed by atoms with Gasteiger partial charge in [-0.25, -0.2) is 0 Å². The van der Waals surface area contributed by atoms with E-state index in [0.717, 1.165) is 24.5 Å². The predicted octanol–water partition coefficient (Wildman–Crippen LogP) is 6.46. The molecule has 0 radical (unpaired) electrons. The first-order chi connectivity index (χ1) is 14.1. The van der Waals surface area contributed by atoms with E-state index in [2.05, 4.69) is 73.2 Å². The van der Waals surface area contributed by atoms with Crippen molar-refractivity contribution in [2.24, 2.45) is 0 Å². The van der Waals surface area contributed by atoms with Gasteiger partial charge in [0.05, 0.1) is 6.04 Å². The van der Waals surface area contributed by atoms with Gasteiger partial charge in [-0.2, -0.15) is 0 Å². The van der Waals surface area contributed by atoms with E-state index < -0.39 is 0 Å². The van der Waals surface area contributed by atoms with Crippen molar-refractivity contribution in [2.45, 2.75) is 26.3 Å². The molecular formula is C26H26N2O. The summed E-state index contributed by atoms with van der Waals surface area (Å²) in [5, 5.41) is 0. The maximum atomic E-state index is 6.17. The number of fused-ring (bicyclic) bond motifs is 3. The lowest BCUT2D eigenvalue weighted by atomic mass is 9.91. The van der Waals surface area contributed by atoms with Gasteiger partial charge in [0, 0.05) is 36.2 Å². The Morgan fingerprint density at radius 1 is 0.828 bits per heavy atom. The van der Waals surface area contributed by atoms with Crippen LogP contribution in [-0.4, -0.2) is 13.6 Å². The van der Waals surface area contributed by atoms with Gasteiger partial charge in [0.15, 0.2) is 0 Å². The molecule has 29 heavy (non-hydrogen) atoms. The molecule has 1 fully saturated rings. The third kappa shape index (κ3) is 2.98. The lowest BCUT2D eigenvalue weighted by molar-refractivity contribution is 0.481. The topological polar surface area (TPSA) is 15.7 Å². The van der Waals surface area contributed by atoms with Crippen LogP contribution in [0, 0.1) is 6.92 Å². The Bertz CT molecular complexity index is 1090. The number of allylic oxidation sites excluding steroid dienone is 1. The third-order valence-electron chi connectivity index (χ3n) is 6.29. The molecule has 3 nitrogen and oxygen atoms in total. The summed E-state index contributed by atoms with van der Waals surface area (Å²) in [6, 6.07) is 25.5. The van der Waals surface area contributed by atoms with Crippen LogP contribution in [0.1, 0.15) is 30.5 Å². The largest absolute Gasteiger partial charge is 0.457 e. The summed E-state index contributed by atoms with van der Waals surface area (Å²) in [6.45, 7) is 5.49. The van der Waals surface area contributed by atoms with Crippen molar-refractivity contribution in [1.82, 2.24) is 0 Å². The fourth-order valence-electron chi connectivity index (χ4n) is 4.72. The minimum absolute atomic E-state index is 0.265. The second kappa shape index (κ2) is 7.00. The molecule has 0 aliphatic carbocycles. The van der Waals surface area contributed by atoms with Crippen molar-refractivity contribution in [1.29, 1.82) is 0 Å². The molecule has 146 valence electrons. The summed E-state index contributed by atoms with van der Waals surface area (Å²) >= 11 is 0. The van der Waals surface area contributed by atoms with Gasteiger partial charge in [0.2, 0.25) is 0 Å². The highest BCUT2D eigenvalue weighted by atomic mass is 16.5. The van der Waals surface area contributed by atoms with E-state index in [1.54, 1.807) is 0 Å². The SMILES string of the molecule is CC1=C2CCN(c3ccccc3C)C2c2cc(Oc3ccccc3)ccc2N1C. The molecule has 2 heterocycles. The minimum atomic E-state index is 0.265. The van der Waals surface area contributed by atoms with Gasteiger partial charge < -0.3 is 14.5 Å². The van der Waals surface area contributed by atoms with E-state index >= 15 is 0 Å². The number of hydrogen-bond acceptors (Lipinski definition) is 3. The second-order valence-electron chi connectivity index (χ2n) is 7.94. The lowest BCUT2D eigenvalue weighted by Gasteiger charge is -2.38. The van der Waals surface area contributed by atoms with Gasteiger partial charge in [-0.05, 0) is 67.8 Å². The molecule has 1 unspecified atom stereocenters. The Labute approximate surface area is 172 Å². The predicted molar refractivity (Wildman–Crippen MR) is 120 cm³/mol. The van der Waals surface area contributed by atoms with Gasteiger partial charge in [0.1, 0.15) is 11.5 Å². The fourth-order valence-corrected chi connectivity index (χ4v) is 4.72. The van der Waals surface area contributed by atoms with E-state index in [0.29, 0.717) is 0 Å². The van der Waals surface area contributed by atoms with Crippen molar-refractivity contribution in [2.75, 3.05) is 23.4 Å². The highest BCUT2D eigenvalue weighted by Crippen LogP contribution is 2.50. The Kier molecular flexibility index (Phi) is 4.31. The van der Waals surface area contributed by atoms with E-state index in [4.69, 9.17) is 4.74 Å². The van der Waals surface area contributed by atoms with Crippen LogP contribution in [0.5, 0.6) is 11.5 Å². The van der Waals surface area contributed by atoms with Crippen LogP contribution in [0.4, 0.5) is 11.4 Å².